The number of anilines is 1. The van der Waals surface area contributed by atoms with Crippen LogP contribution in [0.1, 0.15) is 39.7 Å². The van der Waals surface area contributed by atoms with Gasteiger partial charge in [-0.05, 0) is 72.3 Å². The lowest BCUT2D eigenvalue weighted by atomic mass is 9.87. The van der Waals surface area contributed by atoms with E-state index < -0.39 is 47.8 Å². The quantitative estimate of drug-likeness (QED) is 0.236. The van der Waals surface area contributed by atoms with Gasteiger partial charge in [0.2, 0.25) is 5.43 Å². The van der Waals surface area contributed by atoms with E-state index in [0.29, 0.717) is 50.2 Å². The maximum absolute atomic E-state index is 13.9. The van der Waals surface area contributed by atoms with Gasteiger partial charge in [0, 0.05) is 31.3 Å². The van der Waals surface area contributed by atoms with Crippen molar-refractivity contribution in [2.45, 2.75) is 65.0 Å². The second-order valence-corrected chi connectivity index (χ2v) is 12.6. The first-order valence-electron chi connectivity index (χ1n) is 14.9. The molecule has 3 aliphatic rings. The van der Waals surface area contributed by atoms with Crippen molar-refractivity contribution < 1.29 is 33.3 Å². The number of carbonyl (C=O) groups is 2. The molecule has 0 radical (unpaired) electrons. The normalized spacial score (nSPS) is 28.1. The number of fused-ring (bicyclic) bond motifs is 5. The van der Waals surface area contributed by atoms with Gasteiger partial charge in [-0.3, -0.25) is 9.59 Å². The van der Waals surface area contributed by atoms with E-state index in [2.05, 4.69) is 21.2 Å². The Hall–Kier alpha value is -3.84. The van der Waals surface area contributed by atoms with E-state index in [1.165, 1.54) is 20.3 Å². The Morgan fingerprint density at radius 2 is 1.91 bits per heavy atom. The number of nitrogens with two attached hydrogens (primary N) is 1. The first-order chi connectivity index (χ1) is 21.8. The summed E-state index contributed by atoms with van der Waals surface area (Å²) in [6.45, 7) is 7.14. The molecule has 46 heavy (non-hydrogen) atoms. The molecular weight excluding hydrogens is 658 g/mol. The van der Waals surface area contributed by atoms with Gasteiger partial charge < -0.3 is 34.8 Å². The molecule has 0 aromatic heterocycles. The number of nitrogens with zero attached hydrogens (tertiary/aromatic N) is 1. The third-order valence-electron chi connectivity index (χ3n) is 8.15. The van der Waals surface area contributed by atoms with Gasteiger partial charge >= 0.3 is 6.09 Å². The zero-order chi connectivity index (χ0) is 33.7. The summed E-state index contributed by atoms with van der Waals surface area (Å²) in [4.78, 5) is 43.8. The monoisotopic (exact) mass is 697 g/mol. The molecule has 6 atom stereocenters. The Labute approximate surface area is 276 Å². The van der Waals surface area contributed by atoms with Crippen LogP contribution in [0.3, 0.4) is 0 Å². The van der Waals surface area contributed by atoms with Gasteiger partial charge in [-0.15, -0.1) is 0 Å². The molecule has 0 saturated heterocycles. The smallest absolute Gasteiger partial charge is 0.405 e. The summed E-state index contributed by atoms with van der Waals surface area (Å²) >= 11 is 3.51. The summed E-state index contributed by atoms with van der Waals surface area (Å²) < 4.78 is 23.7. The van der Waals surface area contributed by atoms with Crippen molar-refractivity contribution in [3.8, 4) is 11.5 Å². The number of aliphatic hydroxyl groups is 1. The lowest BCUT2D eigenvalue weighted by Gasteiger charge is -2.29. The number of primary amides is 1. The fourth-order valence-electron chi connectivity index (χ4n) is 5.69. The van der Waals surface area contributed by atoms with E-state index in [9.17, 15) is 19.5 Å². The van der Waals surface area contributed by atoms with Crippen molar-refractivity contribution in [3.05, 3.63) is 80.0 Å². The number of carbonyl (C=O) groups excluding carboxylic acids is 2. The summed E-state index contributed by atoms with van der Waals surface area (Å²) in [6, 6.07) is 6.98. The van der Waals surface area contributed by atoms with Crippen LogP contribution in [0.15, 0.2) is 73.4 Å². The standard InChI is InChI=1S/C34H40BrN3O8/c1-17-13-21-29(40)24(16-25-31(21)45-32-22(35)10-8-11-23(32)37-25)38-33(41)18(2)9-7-12-26(43-5)30(46-34(36)42)20(4)15-19(3)28(39)27(14-17)44-6/h7-12,15-17,19,26-28,30,39H,13-14H2,1-6H3,(H2,36,42)(H,38,41)/b12-7-,18-9+,20-15+. The lowest BCUT2D eigenvalue weighted by Crippen LogP contribution is -2.37. The number of halogens is 1. The zero-order valence-corrected chi connectivity index (χ0v) is 28.3. The molecule has 2 amide bonds. The number of rotatable bonds is 3. The van der Waals surface area contributed by atoms with Gasteiger partial charge in [0.15, 0.2) is 17.4 Å². The molecule has 2 aliphatic heterocycles. The molecular formula is C34H40BrN3O8. The van der Waals surface area contributed by atoms with Crippen molar-refractivity contribution >= 4 is 44.7 Å². The number of methoxy groups -OCH3 is 2. The summed E-state index contributed by atoms with van der Waals surface area (Å²) in [6.07, 6.45) is 3.02. The van der Waals surface area contributed by atoms with E-state index >= 15 is 0 Å². The van der Waals surface area contributed by atoms with Crippen molar-refractivity contribution in [2.24, 2.45) is 17.6 Å². The minimum atomic E-state index is -0.987. The van der Waals surface area contributed by atoms with E-state index in [4.69, 9.17) is 29.3 Å². The molecule has 0 spiro atoms. The molecule has 4 N–H and O–H groups in total. The number of hydrogen-bond donors (Lipinski definition) is 3. The third-order valence-corrected chi connectivity index (χ3v) is 8.77. The van der Waals surface area contributed by atoms with Crippen LogP contribution in [-0.2, 0) is 25.4 Å². The molecule has 12 heteroatoms. The summed E-state index contributed by atoms with van der Waals surface area (Å²) in [5.41, 5.74) is 7.80. The Kier molecular flexibility index (Phi) is 11.5. The van der Waals surface area contributed by atoms with E-state index in [0.717, 1.165) is 0 Å². The zero-order valence-electron chi connectivity index (χ0n) is 26.7. The van der Waals surface area contributed by atoms with Crippen LogP contribution in [0, 0.1) is 11.8 Å². The van der Waals surface area contributed by atoms with E-state index in [1.807, 2.05) is 26.0 Å². The first-order valence-corrected chi connectivity index (χ1v) is 15.7. The Bertz CT molecular complexity index is 1710. The lowest BCUT2D eigenvalue weighted by molar-refractivity contribution is -0.112. The highest BCUT2D eigenvalue weighted by Crippen LogP contribution is 2.34. The topological polar surface area (TPSA) is 163 Å². The van der Waals surface area contributed by atoms with Gasteiger partial charge in [0.1, 0.15) is 17.3 Å². The van der Waals surface area contributed by atoms with Crippen molar-refractivity contribution in [1.29, 1.82) is 0 Å². The minimum Gasteiger partial charge on any atom is -0.451 e. The molecule has 11 nitrogen and oxygen atoms in total. The molecule has 0 saturated carbocycles. The molecule has 2 bridgehead atoms. The number of para-hydroxylation sites is 1. The molecule has 246 valence electrons. The average Bonchev–Trinajstić information content (AvgIpc) is 3.01. The van der Waals surface area contributed by atoms with E-state index in [1.54, 1.807) is 44.2 Å². The van der Waals surface area contributed by atoms with Crippen LogP contribution >= 0.6 is 15.9 Å². The van der Waals surface area contributed by atoms with Crippen molar-refractivity contribution in [3.63, 3.8) is 0 Å². The number of benzene rings is 2. The number of ether oxygens (including phenoxy) is 3. The van der Waals surface area contributed by atoms with Crippen LogP contribution in [0.5, 0.6) is 0 Å². The Balaban J connectivity index is 1.87. The third kappa shape index (κ3) is 7.92. The highest BCUT2D eigenvalue weighted by atomic mass is 79.9. The molecule has 1 aromatic carbocycles. The Morgan fingerprint density at radius 3 is 2.59 bits per heavy atom. The van der Waals surface area contributed by atoms with Crippen molar-refractivity contribution in [2.75, 3.05) is 19.5 Å². The van der Waals surface area contributed by atoms with Gasteiger partial charge in [-0.2, -0.15) is 0 Å². The molecule has 0 fully saturated rings. The maximum atomic E-state index is 13.9. The number of amides is 2. The molecule has 2 heterocycles. The van der Waals surface area contributed by atoms with E-state index in [-0.39, 0.29) is 18.0 Å². The minimum absolute atomic E-state index is 0.0628. The summed E-state index contributed by atoms with van der Waals surface area (Å²) in [5, 5.41) is 14.1. The average molecular weight is 699 g/mol. The van der Waals surface area contributed by atoms with Gasteiger partial charge in [-0.1, -0.05) is 44.2 Å². The van der Waals surface area contributed by atoms with Crippen LogP contribution in [0.2, 0.25) is 0 Å². The molecule has 4 rings (SSSR count). The molecule has 1 aromatic rings. The van der Waals surface area contributed by atoms with Crippen molar-refractivity contribution in [1.82, 2.24) is 4.98 Å². The predicted octanol–water partition coefficient (Wildman–Crippen LogP) is 5.52. The highest BCUT2D eigenvalue weighted by Gasteiger charge is 2.30. The number of aromatic nitrogens is 1. The van der Waals surface area contributed by atoms with Crippen LogP contribution < -0.4 is 16.5 Å². The second-order valence-electron chi connectivity index (χ2n) is 11.7. The van der Waals surface area contributed by atoms with Crippen LogP contribution in [0.25, 0.3) is 22.6 Å². The van der Waals surface area contributed by atoms with Gasteiger partial charge in [-0.25, -0.2) is 9.78 Å². The molecule has 1 aliphatic carbocycles. The fraction of sp³-hybridized carbons (Fsp3) is 0.412. The number of aliphatic hydroxyl groups excluding tert-OH is 1. The van der Waals surface area contributed by atoms with Gasteiger partial charge in [0.05, 0.1) is 22.4 Å². The largest absolute Gasteiger partial charge is 0.451 e. The summed E-state index contributed by atoms with van der Waals surface area (Å²) in [7, 11) is 2.97. The highest BCUT2D eigenvalue weighted by molar-refractivity contribution is 9.10. The number of nitrogens with one attached hydrogen (secondary N) is 1. The van der Waals surface area contributed by atoms with Crippen LogP contribution in [0.4, 0.5) is 10.5 Å². The van der Waals surface area contributed by atoms with Gasteiger partial charge in [0.25, 0.3) is 5.91 Å². The maximum Gasteiger partial charge on any atom is 0.405 e. The van der Waals surface area contributed by atoms with Crippen LogP contribution in [-0.4, -0.2) is 60.7 Å². The first kappa shape index (κ1) is 35.0. The summed E-state index contributed by atoms with van der Waals surface area (Å²) in [5.74, 6) is -0.765. The number of hydrogen-bond acceptors (Lipinski definition) is 9. The Morgan fingerprint density at radius 1 is 1.17 bits per heavy atom. The second kappa shape index (κ2) is 15.2. The fourth-order valence-corrected chi connectivity index (χ4v) is 6.12. The SMILES string of the molecule is COC1/C=C\C=C(/C)C(=O)Nc2cc3nc4cccc(Br)c4oc-3c(c2=O)CC(C)CC(OC)C(O)C(C)/C=C(\C)C1OC(N)=O. The molecule has 6 unspecified atom stereocenters. The number of allylic oxidation sites excluding steroid dienone is 2. The predicted molar refractivity (Wildman–Crippen MR) is 179 cm³/mol.